The Hall–Kier alpha value is -0.120. The summed E-state index contributed by atoms with van der Waals surface area (Å²) in [6.07, 6.45) is 6.62. The van der Waals surface area contributed by atoms with Gasteiger partial charge in [0.25, 0.3) is 0 Å². The van der Waals surface area contributed by atoms with Gasteiger partial charge < -0.3 is 10.6 Å². The van der Waals surface area contributed by atoms with Crippen LogP contribution in [0.25, 0.3) is 0 Å². The molecule has 3 nitrogen and oxygen atoms in total. The van der Waals surface area contributed by atoms with Crippen LogP contribution in [-0.4, -0.2) is 54.6 Å². The van der Waals surface area contributed by atoms with Crippen molar-refractivity contribution in [2.75, 3.05) is 39.3 Å². The molecule has 20 heavy (non-hydrogen) atoms. The summed E-state index contributed by atoms with van der Waals surface area (Å²) in [7, 11) is 0. The number of piperazine rings is 1. The molecule has 120 valence electrons. The Labute approximate surface area is 126 Å². The van der Waals surface area contributed by atoms with Crippen LogP contribution in [0.15, 0.2) is 0 Å². The van der Waals surface area contributed by atoms with Gasteiger partial charge in [0.05, 0.1) is 0 Å². The van der Waals surface area contributed by atoms with Crippen molar-refractivity contribution < 1.29 is 0 Å². The minimum atomic E-state index is 0.220. The zero-order chi connectivity index (χ0) is 15.0. The van der Waals surface area contributed by atoms with Gasteiger partial charge in [0.2, 0.25) is 0 Å². The van der Waals surface area contributed by atoms with Gasteiger partial charge in [-0.2, -0.15) is 0 Å². The molecule has 1 rings (SSSR count). The summed E-state index contributed by atoms with van der Waals surface area (Å²) < 4.78 is 0. The highest BCUT2D eigenvalue weighted by Crippen LogP contribution is 2.23. The van der Waals surface area contributed by atoms with E-state index >= 15 is 0 Å². The van der Waals surface area contributed by atoms with Gasteiger partial charge in [-0.1, -0.05) is 46.5 Å². The number of nitrogens with zero attached hydrogens (tertiary/aromatic N) is 2. The van der Waals surface area contributed by atoms with Gasteiger partial charge in [0.1, 0.15) is 0 Å². The van der Waals surface area contributed by atoms with Gasteiger partial charge >= 0.3 is 0 Å². The molecule has 0 amide bonds. The third-order valence-electron chi connectivity index (χ3n) is 4.77. The fourth-order valence-electron chi connectivity index (χ4n) is 3.31. The summed E-state index contributed by atoms with van der Waals surface area (Å²) in [6, 6.07) is 0. The molecule has 2 N–H and O–H groups in total. The molecule has 1 saturated heterocycles. The number of hydrogen-bond donors (Lipinski definition) is 1. The monoisotopic (exact) mass is 283 g/mol. The van der Waals surface area contributed by atoms with E-state index in [1.54, 1.807) is 0 Å². The molecule has 1 heterocycles. The van der Waals surface area contributed by atoms with Gasteiger partial charge in [0.15, 0.2) is 0 Å². The second-order valence-electron chi connectivity index (χ2n) is 7.19. The van der Waals surface area contributed by atoms with Crippen LogP contribution in [0.1, 0.15) is 59.8 Å². The Kier molecular flexibility index (Phi) is 8.08. The fraction of sp³-hybridized carbons (Fsp3) is 1.00. The van der Waals surface area contributed by atoms with Crippen LogP contribution in [0.3, 0.4) is 0 Å². The highest BCUT2D eigenvalue weighted by molar-refractivity contribution is 4.90. The van der Waals surface area contributed by atoms with E-state index in [4.69, 9.17) is 5.73 Å². The van der Waals surface area contributed by atoms with Crippen molar-refractivity contribution in [2.45, 2.75) is 65.3 Å². The van der Waals surface area contributed by atoms with Crippen molar-refractivity contribution in [1.82, 2.24) is 9.80 Å². The summed E-state index contributed by atoms with van der Waals surface area (Å²) >= 11 is 0. The van der Waals surface area contributed by atoms with Gasteiger partial charge in [-0.05, 0) is 19.3 Å². The topological polar surface area (TPSA) is 32.5 Å². The van der Waals surface area contributed by atoms with E-state index in [0.29, 0.717) is 0 Å². The molecular formula is C17H37N3. The second kappa shape index (κ2) is 9.01. The predicted octanol–water partition coefficient (Wildman–Crippen LogP) is 2.95. The van der Waals surface area contributed by atoms with E-state index in [2.05, 4.69) is 37.5 Å². The van der Waals surface area contributed by atoms with Gasteiger partial charge in [-0.15, -0.1) is 0 Å². The molecular weight excluding hydrogens is 246 g/mol. The van der Waals surface area contributed by atoms with Crippen LogP contribution in [0.4, 0.5) is 0 Å². The number of rotatable bonds is 9. The minimum Gasteiger partial charge on any atom is -0.329 e. The van der Waals surface area contributed by atoms with Crippen molar-refractivity contribution in [3.05, 3.63) is 0 Å². The molecule has 0 aromatic carbocycles. The zero-order valence-electron chi connectivity index (χ0n) is 14.3. The molecule has 0 aromatic heterocycles. The lowest BCUT2D eigenvalue weighted by molar-refractivity contribution is 0.0362. The van der Waals surface area contributed by atoms with E-state index in [-0.39, 0.29) is 5.54 Å². The molecule has 1 unspecified atom stereocenters. The molecule has 1 aliphatic heterocycles. The first-order valence-corrected chi connectivity index (χ1v) is 8.69. The van der Waals surface area contributed by atoms with Gasteiger partial charge in [0, 0.05) is 44.8 Å². The third kappa shape index (κ3) is 5.71. The quantitative estimate of drug-likeness (QED) is 0.660. The van der Waals surface area contributed by atoms with Crippen LogP contribution < -0.4 is 5.73 Å². The average molecular weight is 284 g/mol. The van der Waals surface area contributed by atoms with Gasteiger partial charge in [-0.25, -0.2) is 0 Å². The molecule has 1 atom stereocenters. The van der Waals surface area contributed by atoms with E-state index in [9.17, 15) is 0 Å². The Morgan fingerprint density at radius 2 is 1.70 bits per heavy atom. The van der Waals surface area contributed by atoms with Crippen molar-refractivity contribution in [2.24, 2.45) is 11.7 Å². The average Bonchev–Trinajstić information content (AvgIpc) is 2.43. The first kappa shape index (κ1) is 17.9. The molecule has 0 bridgehead atoms. The lowest BCUT2D eigenvalue weighted by Crippen LogP contribution is -2.59. The zero-order valence-corrected chi connectivity index (χ0v) is 14.3. The summed E-state index contributed by atoms with van der Waals surface area (Å²) in [5, 5.41) is 0. The lowest BCUT2D eigenvalue weighted by atomic mass is 9.91. The Morgan fingerprint density at radius 3 is 2.20 bits per heavy atom. The summed E-state index contributed by atoms with van der Waals surface area (Å²) in [5.41, 5.74) is 6.33. The largest absolute Gasteiger partial charge is 0.329 e. The number of hydrogen-bond acceptors (Lipinski definition) is 3. The van der Waals surface area contributed by atoms with Crippen LogP contribution in [0.5, 0.6) is 0 Å². The minimum absolute atomic E-state index is 0.220. The summed E-state index contributed by atoms with van der Waals surface area (Å²) in [6.45, 7) is 16.1. The molecule has 0 aromatic rings. The van der Waals surface area contributed by atoms with Crippen LogP contribution in [-0.2, 0) is 0 Å². The maximum atomic E-state index is 6.11. The molecule has 1 aliphatic rings. The summed E-state index contributed by atoms with van der Waals surface area (Å²) in [4.78, 5) is 5.25. The Balaban J connectivity index is 2.38. The summed E-state index contributed by atoms with van der Waals surface area (Å²) in [5.74, 6) is 0.775. The van der Waals surface area contributed by atoms with E-state index in [1.807, 2.05) is 0 Å². The highest BCUT2D eigenvalue weighted by atomic mass is 15.3. The van der Waals surface area contributed by atoms with E-state index in [0.717, 1.165) is 12.5 Å². The van der Waals surface area contributed by atoms with Crippen LogP contribution >= 0.6 is 0 Å². The Morgan fingerprint density at radius 1 is 1.05 bits per heavy atom. The fourth-order valence-corrected chi connectivity index (χ4v) is 3.31. The molecule has 3 heteroatoms. The first-order valence-electron chi connectivity index (χ1n) is 8.69. The van der Waals surface area contributed by atoms with Crippen molar-refractivity contribution in [3.8, 4) is 0 Å². The molecule has 0 radical (unpaired) electrons. The standard InChI is InChI=1S/C17H37N3/c1-5-6-7-8-9-17(4,15-18)20-12-10-19(11-13-20)14-16(2)3/h16H,5-15,18H2,1-4H3. The molecule has 0 spiro atoms. The van der Waals surface area contributed by atoms with Crippen molar-refractivity contribution in [1.29, 1.82) is 0 Å². The highest BCUT2D eigenvalue weighted by Gasteiger charge is 2.32. The molecule has 1 fully saturated rings. The first-order chi connectivity index (χ1) is 9.51. The van der Waals surface area contributed by atoms with E-state index < -0.39 is 0 Å². The van der Waals surface area contributed by atoms with Crippen molar-refractivity contribution >= 4 is 0 Å². The van der Waals surface area contributed by atoms with Gasteiger partial charge in [-0.3, -0.25) is 4.90 Å². The van der Waals surface area contributed by atoms with Crippen LogP contribution in [0.2, 0.25) is 0 Å². The van der Waals surface area contributed by atoms with Crippen LogP contribution in [0, 0.1) is 5.92 Å². The normalized spacial score (nSPS) is 21.3. The predicted molar refractivity (Wildman–Crippen MR) is 89.1 cm³/mol. The molecule has 0 aliphatic carbocycles. The maximum absolute atomic E-state index is 6.11. The lowest BCUT2D eigenvalue weighted by Gasteiger charge is -2.46. The smallest absolute Gasteiger partial charge is 0.0304 e. The maximum Gasteiger partial charge on any atom is 0.0304 e. The van der Waals surface area contributed by atoms with E-state index in [1.165, 1.54) is 64.8 Å². The number of nitrogens with two attached hydrogens (primary N) is 1. The number of unbranched alkanes of at least 4 members (excludes halogenated alkanes) is 3. The third-order valence-corrected chi connectivity index (χ3v) is 4.77. The second-order valence-corrected chi connectivity index (χ2v) is 7.19. The molecule has 0 saturated carbocycles. The SMILES string of the molecule is CCCCCCC(C)(CN)N1CCN(CC(C)C)CC1. The van der Waals surface area contributed by atoms with Crippen molar-refractivity contribution in [3.63, 3.8) is 0 Å². The Bertz CT molecular complexity index is 247.